The van der Waals surface area contributed by atoms with Gasteiger partial charge >= 0.3 is 0 Å². The maximum Gasteiger partial charge on any atom is 0.262 e. The fourth-order valence-electron chi connectivity index (χ4n) is 2.52. The van der Waals surface area contributed by atoms with Gasteiger partial charge in [0.2, 0.25) is 0 Å². The zero-order chi connectivity index (χ0) is 14.3. The molecule has 0 amide bonds. The predicted octanol–water partition coefficient (Wildman–Crippen LogP) is 2.41. The van der Waals surface area contributed by atoms with Crippen molar-refractivity contribution in [3.63, 3.8) is 0 Å². The van der Waals surface area contributed by atoms with Crippen LogP contribution in [0.5, 0.6) is 0 Å². The lowest BCUT2D eigenvalue weighted by Gasteiger charge is -2.29. The summed E-state index contributed by atoms with van der Waals surface area (Å²) in [6, 6.07) is 5.31. The number of fused-ring (bicyclic) bond motifs is 1. The molecule has 2 aromatic heterocycles. The number of piperidine rings is 1. The zero-order valence-electron chi connectivity index (χ0n) is 11.2. The Hall–Kier alpha value is -1.11. The molecule has 108 valence electrons. The number of imidazole rings is 1. The van der Waals surface area contributed by atoms with E-state index in [4.69, 9.17) is 11.6 Å². The van der Waals surface area contributed by atoms with Gasteiger partial charge in [0.25, 0.3) is 10.0 Å². The minimum Gasteiger partial charge on any atom is -0.288 e. The normalized spacial score (nSPS) is 18.7. The first kappa shape index (κ1) is 13.9. The fourth-order valence-corrected chi connectivity index (χ4v) is 4.59. The van der Waals surface area contributed by atoms with E-state index < -0.39 is 10.0 Å². The number of pyridine rings is 1. The summed E-state index contributed by atoms with van der Waals surface area (Å²) in [4.78, 5) is 4.11. The molecule has 3 heterocycles. The van der Waals surface area contributed by atoms with Crippen molar-refractivity contribution in [2.24, 2.45) is 5.92 Å². The van der Waals surface area contributed by atoms with Crippen LogP contribution in [0.15, 0.2) is 29.4 Å². The molecule has 0 unspecified atom stereocenters. The van der Waals surface area contributed by atoms with Gasteiger partial charge in [0, 0.05) is 19.3 Å². The molecule has 1 aliphatic heterocycles. The SMILES string of the molecule is CC1CCN(S(=O)(=O)c2c(Cl)nc3ccccn23)CC1. The number of hydrogen-bond donors (Lipinski definition) is 0. The molecule has 0 bridgehead atoms. The van der Waals surface area contributed by atoms with Crippen molar-refractivity contribution in [2.75, 3.05) is 13.1 Å². The Bertz CT molecular complexity index is 733. The monoisotopic (exact) mass is 313 g/mol. The highest BCUT2D eigenvalue weighted by Crippen LogP contribution is 2.28. The van der Waals surface area contributed by atoms with Gasteiger partial charge in [-0.05, 0) is 30.9 Å². The summed E-state index contributed by atoms with van der Waals surface area (Å²) in [7, 11) is -3.60. The summed E-state index contributed by atoms with van der Waals surface area (Å²) in [6.45, 7) is 3.23. The molecular weight excluding hydrogens is 298 g/mol. The van der Waals surface area contributed by atoms with Gasteiger partial charge in [-0.15, -0.1) is 0 Å². The first-order valence-electron chi connectivity index (χ1n) is 6.63. The van der Waals surface area contributed by atoms with Gasteiger partial charge in [0.1, 0.15) is 5.65 Å². The summed E-state index contributed by atoms with van der Waals surface area (Å²) in [5, 5.41) is 0.110. The number of halogens is 1. The van der Waals surface area contributed by atoms with Crippen molar-refractivity contribution in [1.82, 2.24) is 13.7 Å². The van der Waals surface area contributed by atoms with Crippen LogP contribution in [-0.4, -0.2) is 35.2 Å². The van der Waals surface area contributed by atoms with Crippen molar-refractivity contribution >= 4 is 27.3 Å². The van der Waals surface area contributed by atoms with E-state index in [0.29, 0.717) is 24.7 Å². The van der Waals surface area contributed by atoms with Gasteiger partial charge < -0.3 is 0 Å². The number of rotatable bonds is 2. The quantitative estimate of drug-likeness (QED) is 0.855. The molecule has 5 nitrogen and oxygen atoms in total. The van der Waals surface area contributed by atoms with E-state index >= 15 is 0 Å². The molecule has 2 aromatic rings. The summed E-state index contributed by atoms with van der Waals surface area (Å²) < 4.78 is 28.6. The van der Waals surface area contributed by atoms with Gasteiger partial charge in [-0.3, -0.25) is 4.40 Å². The van der Waals surface area contributed by atoms with E-state index in [-0.39, 0.29) is 10.2 Å². The van der Waals surface area contributed by atoms with Crippen LogP contribution in [0.3, 0.4) is 0 Å². The van der Waals surface area contributed by atoms with E-state index in [9.17, 15) is 8.42 Å². The highest BCUT2D eigenvalue weighted by Gasteiger charge is 2.32. The topological polar surface area (TPSA) is 54.7 Å². The Morgan fingerprint density at radius 1 is 1.30 bits per heavy atom. The highest BCUT2D eigenvalue weighted by atomic mass is 35.5. The Morgan fingerprint density at radius 3 is 2.70 bits per heavy atom. The third-order valence-electron chi connectivity index (χ3n) is 3.77. The number of nitrogens with zero attached hydrogens (tertiary/aromatic N) is 3. The molecule has 1 fully saturated rings. The predicted molar refractivity (Wildman–Crippen MR) is 77.4 cm³/mol. The molecule has 20 heavy (non-hydrogen) atoms. The first-order valence-corrected chi connectivity index (χ1v) is 8.44. The highest BCUT2D eigenvalue weighted by molar-refractivity contribution is 7.89. The van der Waals surface area contributed by atoms with E-state index in [0.717, 1.165) is 12.8 Å². The molecule has 0 N–H and O–H groups in total. The van der Waals surface area contributed by atoms with Crippen LogP contribution in [0.2, 0.25) is 5.15 Å². The lowest BCUT2D eigenvalue weighted by atomic mass is 10.0. The molecule has 3 rings (SSSR count). The Morgan fingerprint density at radius 2 is 2.00 bits per heavy atom. The van der Waals surface area contributed by atoms with E-state index in [1.165, 1.54) is 8.71 Å². The maximum absolute atomic E-state index is 12.8. The molecule has 0 radical (unpaired) electrons. The number of sulfonamides is 1. The molecule has 1 saturated heterocycles. The van der Waals surface area contributed by atoms with Gasteiger partial charge in [-0.1, -0.05) is 24.6 Å². The lowest BCUT2D eigenvalue weighted by molar-refractivity contribution is 0.287. The van der Waals surface area contributed by atoms with Crippen molar-refractivity contribution < 1.29 is 8.42 Å². The molecular formula is C13H16ClN3O2S. The first-order chi connectivity index (χ1) is 9.50. The van der Waals surface area contributed by atoms with Crippen LogP contribution in [-0.2, 0) is 10.0 Å². The summed E-state index contributed by atoms with van der Waals surface area (Å²) in [5.74, 6) is 0.569. The van der Waals surface area contributed by atoms with E-state index in [2.05, 4.69) is 11.9 Å². The second kappa shape index (κ2) is 5.02. The molecule has 1 aliphatic rings. The Labute approximate surface area is 123 Å². The summed E-state index contributed by atoms with van der Waals surface area (Å²) >= 11 is 6.06. The number of hydrogen-bond acceptors (Lipinski definition) is 3. The molecule has 0 atom stereocenters. The second-order valence-corrected chi connectivity index (χ2v) is 7.43. The second-order valence-electron chi connectivity index (χ2n) is 5.22. The largest absolute Gasteiger partial charge is 0.288 e. The molecule has 0 aliphatic carbocycles. The van der Waals surface area contributed by atoms with Gasteiger partial charge in [-0.25, -0.2) is 13.4 Å². The van der Waals surface area contributed by atoms with E-state index in [1.54, 1.807) is 24.4 Å². The lowest BCUT2D eigenvalue weighted by Crippen LogP contribution is -2.38. The van der Waals surface area contributed by atoms with Gasteiger partial charge in [0.05, 0.1) is 0 Å². The molecule has 0 spiro atoms. The minimum absolute atomic E-state index is 0.0369. The Balaban J connectivity index is 2.07. The van der Waals surface area contributed by atoms with Crippen LogP contribution >= 0.6 is 11.6 Å². The maximum atomic E-state index is 12.8. The number of aromatic nitrogens is 2. The van der Waals surface area contributed by atoms with Crippen molar-refractivity contribution in [1.29, 1.82) is 0 Å². The van der Waals surface area contributed by atoms with E-state index in [1.807, 2.05) is 0 Å². The minimum atomic E-state index is -3.60. The van der Waals surface area contributed by atoms with Crippen LogP contribution in [0.1, 0.15) is 19.8 Å². The average molecular weight is 314 g/mol. The van der Waals surface area contributed by atoms with Crippen LogP contribution in [0.4, 0.5) is 0 Å². The fraction of sp³-hybridized carbons (Fsp3) is 0.462. The van der Waals surface area contributed by atoms with Gasteiger partial charge in [0.15, 0.2) is 10.2 Å². The van der Waals surface area contributed by atoms with Gasteiger partial charge in [-0.2, -0.15) is 4.31 Å². The van der Waals surface area contributed by atoms with Crippen LogP contribution in [0.25, 0.3) is 5.65 Å². The third-order valence-corrected chi connectivity index (χ3v) is 6.07. The van der Waals surface area contributed by atoms with Crippen molar-refractivity contribution in [2.45, 2.75) is 24.8 Å². The standard InChI is InChI=1S/C13H16ClN3O2S/c1-10-5-8-16(9-6-10)20(18,19)13-12(14)15-11-4-2-3-7-17(11)13/h2-4,7,10H,5-6,8-9H2,1H3. The summed E-state index contributed by atoms with van der Waals surface area (Å²) in [6.07, 6.45) is 3.44. The average Bonchev–Trinajstić information content (AvgIpc) is 2.75. The van der Waals surface area contributed by atoms with Crippen molar-refractivity contribution in [3.8, 4) is 0 Å². The molecule has 0 aromatic carbocycles. The summed E-state index contributed by atoms with van der Waals surface area (Å²) in [5.41, 5.74) is 0.543. The zero-order valence-corrected chi connectivity index (χ0v) is 12.7. The Kier molecular flexibility index (Phi) is 3.48. The van der Waals surface area contributed by atoms with Crippen molar-refractivity contribution in [3.05, 3.63) is 29.5 Å². The molecule has 0 saturated carbocycles. The molecule has 7 heteroatoms. The van der Waals surface area contributed by atoms with Crippen LogP contribution < -0.4 is 0 Å². The van der Waals surface area contributed by atoms with Crippen LogP contribution in [0, 0.1) is 5.92 Å². The third kappa shape index (κ3) is 2.21. The smallest absolute Gasteiger partial charge is 0.262 e.